The summed E-state index contributed by atoms with van der Waals surface area (Å²) in [5.74, 6) is -0.888. The lowest BCUT2D eigenvalue weighted by molar-refractivity contribution is -0.144. The van der Waals surface area contributed by atoms with Crippen LogP contribution < -0.4 is 9.46 Å². The van der Waals surface area contributed by atoms with Gasteiger partial charge in [0.25, 0.3) is 0 Å². The van der Waals surface area contributed by atoms with Crippen molar-refractivity contribution in [3.05, 3.63) is 29.8 Å². The molecule has 1 aromatic carbocycles. The predicted octanol–water partition coefficient (Wildman–Crippen LogP) is 2.02. The fraction of sp³-hybridized carbons (Fsp3) is 0.562. The van der Waals surface area contributed by atoms with Gasteiger partial charge in [-0.15, -0.1) is 0 Å². The average Bonchev–Trinajstić information content (AvgIpc) is 2.44. The van der Waals surface area contributed by atoms with Crippen LogP contribution in [0.15, 0.2) is 24.3 Å². The minimum absolute atomic E-state index is 0.306. The Balaban J connectivity index is 2.20. The number of fused-ring (bicyclic) bond motifs is 1. The molecule has 0 amide bonds. The fourth-order valence-corrected chi connectivity index (χ4v) is 4.30. The molecule has 0 aliphatic carbocycles. The van der Waals surface area contributed by atoms with Crippen LogP contribution in [0.4, 0.5) is 0 Å². The Morgan fingerprint density at radius 3 is 2.74 bits per heavy atom. The first-order chi connectivity index (χ1) is 10.6. The number of methoxy groups -OCH3 is 1. The normalized spacial score (nSPS) is 21.0. The number of rotatable bonds is 5. The van der Waals surface area contributed by atoms with E-state index in [9.17, 15) is 13.2 Å². The zero-order valence-corrected chi connectivity index (χ0v) is 14.6. The molecule has 1 N–H and O–H groups in total. The third kappa shape index (κ3) is 4.45. The van der Waals surface area contributed by atoms with E-state index < -0.39 is 27.5 Å². The maximum atomic E-state index is 12.4. The number of nitrogens with one attached hydrogen (secondary N) is 1. The van der Waals surface area contributed by atoms with E-state index in [-0.39, 0.29) is 11.8 Å². The highest BCUT2D eigenvalue weighted by Gasteiger charge is 2.36. The molecule has 0 bridgehead atoms. The molecule has 1 aliphatic rings. The fourth-order valence-electron chi connectivity index (χ4n) is 2.77. The molecule has 0 saturated heterocycles. The number of hydrogen-bond donors (Lipinski definition) is 1. The summed E-state index contributed by atoms with van der Waals surface area (Å²) in [6.45, 7) is 5.37. The van der Waals surface area contributed by atoms with Gasteiger partial charge in [0.1, 0.15) is 11.4 Å². The van der Waals surface area contributed by atoms with Gasteiger partial charge >= 0.3 is 5.97 Å². The van der Waals surface area contributed by atoms with Gasteiger partial charge in [-0.3, -0.25) is 4.79 Å². The maximum Gasteiger partial charge on any atom is 0.309 e. The van der Waals surface area contributed by atoms with E-state index in [0.717, 1.165) is 5.56 Å². The zero-order valence-electron chi connectivity index (χ0n) is 13.8. The molecule has 6 nitrogen and oxygen atoms in total. The van der Waals surface area contributed by atoms with Gasteiger partial charge in [0.15, 0.2) is 0 Å². The van der Waals surface area contributed by atoms with Gasteiger partial charge < -0.3 is 9.47 Å². The van der Waals surface area contributed by atoms with Crippen LogP contribution in [0.25, 0.3) is 0 Å². The first-order valence-electron chi connectivity index (χ1n) is 7.49. The molecular weight excluding hydrogens is 318 g/mol. The number of hydrogen-bond acceptors (Lipinski definition) is 5. The van der Waals surface area contributed by atoms with Gasteiger partial charge in [0, 0.05) is 12.0 Å². The number of para-hydroxylation sites is 1. The van der Waals surface area contributed by atoms with Crippen molar-refractivity contribution in [3.63, 3.8) is 0 Å². The van der Waals surface area contributed by atoms with E-state index in [2.05, 4.69) is 9.46 Å². The van der Waals surface area contributed by atoms with Crippen LogP contribution in [-0.2, 0) is 19.6 Å². The SMILES string of the molecule is COC(=O)C(C)CS(=O)(=O)NC1CC(C)(C)Oc2ccccc21. The lowest BCUT2D eigenvalue weighted by Gasteiger charge is -2.37. The molecule has 0 fully saturated rings. The van der Waals surface area contributed by atoms with Crippen LogP contribution >= 0.6 is 0 Å². The van der Waals surface area contributed by atoms with Crippen molar-refractivity contribution in [2.45, 2.75) is 38.8 Å². The van der Waals surface area contributed by atoms with Crippen molar-refractivity contribution in [2.75, 3.05) is 12.9 Å². The molecule has 1 aromatic rings. The molecule has 128 valence electrons. The lowest BCUT2D eigenvalue weighted by atomic mass is 9.90. The smallest absolute Gasteiger partial charge is 0.309 e. The van der Waals surface area contributed by atoms with E-state index in [1.807, 2.05) is 38.1 Å². The van der Waals surface area contributed by atoms with E-state index in [4.69, 9.17) is 4.74 Å². The second kappa shape index (κ2) is 6.49. The quantitative estimate of drug-likeness (QED) is 0.829. The molecule has 2 atom stereocenters. The summed E-state index contributed by atoms with van der Waals surface area (Å²) in [6, 6.07) is 6.99. The van der Waals surface area contributed by atoms with Crippen molar-refractivity contribution in [1.29, 1.82) is 0 Å². The number of benzene rings is 1. The van der Waals surface area contributed by atoms with Crippen LogP contribution in [0, 0.1) is 5.92 Å². The molecule has 7 heteroatoms. The molecule has 0 radical (unpaired) electrons. The Kier molecular flexibility index (Phi) is 5.01. The third-order valence-corrected chi connectivity index (χ3v) is 5.35. The first kappa shape index (κ1) is 17.7. The molecule has 0 saturated carbocycles. The van der Waals surface area contributed by atoms with Crippen molar-refractivity contribution in [3.8, 4) is 5.75 Å². The summed E-state index contributed by atoms with van der Waals surface area (Å²) in [5.41, 5.74) is 0.330. The minimum atomic E-state index is -3.63. The van der Waals surface area contributed by atoms with E-state index in [0.29, 0.717) is 12.2 Å². The Morgan fingerprint density at radius 2 is 2.09 bits per heavy atom. The second-order valence-electron chi connectivity index (χ2n) is 6.48. The van der Waals surface area contributed by atoms with Gasteiger partial charge in [-0.2, -0.15) is 0 Å². The van der Waals surface area contributed by atoms with Gasteiger partial charge in [0.05, 0.1) is 24.8 Å². The maximum absolute atomic E-state index is 12.4. The highest BCUT2D eigenvalue weighted by molar-refractivity contribution is 7.89. The van der Waals surface area contributed by atoms with Crippen LogP contribution in [0.1, 0.15) is 38.8 Å². The van der Waals surface area contributed by atoms with Crippen LogP contribution in [0.5, 0.6) is 5.75 Å². The first-order valence-corrected chi connectivity index (χ1v) is 9.14. The summed E-state index contributed by atoms with van der Waals surface area (Å²) in [5, 5.41) is 0. The minimum Gasteiger partial charge on any atom is -0.487 e. The Hall–Kier alpha value is -1.60. The topological polar surface area (TPSA) is 81.7 Å². The van der Waals surface area contributed by atoms with Gasteiger partial charge in [0.2, 0.25) is 10.0 Å². The van der Waals surface area contributed by atoms with Crippen molar-refractivity contribution in [2.24, 2.45) is 5.92 Å². The largest absolute Gasteiger partial charge is 0.487 e. The number of ether oxygens (including phenoxy) is 2. The molecule has 1 aliphatic heterocycles. The van der Waals surface area contributed by atoms with Crippen LogP contribution in [0.2, 0.25) is 0 Å². The number of carbonyl (C=O) groups excluding carboxylic acids is 1. The van der Waals surface area contributed by atoms with E-state index in [1.165, 1.54) is 14.0 Å². The molecule has 1 heterocycles. The predicted molar refractivity (Wildman–Crippen MR) is 86.6 cm³/mol. The standard InChI is InChI=1S/C16H23NO5S/c1-11(15(18)21-4)10-23(19,20)17-13-9-16(2,3)22-14-8-6-5-7-12(13)14/h5-8,11,13,17H,9-10H2,1-4H3. The van der Waals surface area contributed by atoms with Crippen molar-refractivity contribution >= 4 is 16.0 Å². The molecular formula is C16H23NO5S. The molecule has 2 unspecified atom stereocenters. The van der Waals surface area contributed by atoms with Gasteiger partial charge in [-0.05, 0) is 19.9 Å². The highest BCUT2D eigenvalue weighted by atomic mass is 32.2. The zero-order chi connectivity index (χ0) is 17.3. The van der Waals surface area contributed by atoms with Crippen molar-refractivity contribution in [1.82, 2.24) is 4.72 Å². The van der Waals surface area contributed by atoms with Crippen LogP contribution in [0.3, 0.4) is 0 Å². The van der Waals surface area contributed by atoms with Crippen LogP contribution in [-0.4, -0.2) is 32.9 Å². The monoisotopic (exact) mass is 341 g/mol. The number of esters is 1. The summed E-state index contributed by atoms with van der Waals surface area (Å²) in [7, 11) is -2.39. The lowest BCUT2D eigenvalue weighted by Crippen LogP contribution is -2.42. The van der Waals surface area contributed by atoms with Gasteiger partial charge in [-0.1, -0.05) is 25.1 Å². The molecule has 0 aromatic heterocycles. The second-order valence-corrected chi connectivity index (χ2v) is 8.28. The molecule has 2 rings (SSSR count). The van der Waals surface area contributed by atoms with Crippen molar-refractivity contribution < 1.29 is 22.7 Å². The molecule has 23 heavy (non-hydrogen) atoms. The Bertz CT molecular complexity index is 683. The summed E-state index contributed by atoms with van der Waals surface area (Å²) in [6.07, 6.45) is 0.510. The number of sulfonamides is 1. The van der Waals surface area contributed by atoms with E-state index in [1.54, 1.807) is 0 Å². The summed E-state index contributed by atoms with van der Waals surface area (Å²) < 4.78 is 38.0. The van der Waals surface area contributed by atoms with Gasteiger partial charge in [-0.25, -0.2) is 13.1 Å². The Morgan fingerprint density at radius 1 is 1.43 bits per heavy atom. The summed E-state index contributed by atoms with van der Waals surface area (Å²) in [4.78, 5) is 11.4. The average molecular weight is 341 g/mol. The third-order valence-electron chi connectivity index (χ3n) is 3.77. The summed E-state index contributed by atoms with van der Waals surface area (Å²) >= 11 is 0. The molecule has 0 spiro atoms. The highest BCUT2D eigenvalue weighted by Crippen LogP contribution is 2.39. The number of carbonyl (C=O) groups is 1. The van der Waals surface area contributed by atoms with E-state index >= 15 is 0 Å². The Labute approximate surface area is 137 Å².